The summed E-state index contributed by atoms with van der Waals surface area (Å²) in [6.45, 7) is 3.91. The number of carbonyl (C=O) groups excluding carboxylic acids is 1. The minimum atomic E-state index is -4.02. The van der Waals surface area contributed by atoms with Gasteiger partial charge in [0.05, 0.1) is 0 Å². The minimum Gasteiger partial charge on any atom is -0.379 e. The number of aryl methyl sites for hydroxylation is 2. The lowest BCUT2D eigenvalue weighted by Crippen LogP contribution is -2.20. The fourth-order valence-corrected chi connectivity index (χ4v) is 6.18. The second-order valence-electron chi connectivity index (χ2n) is 9.43. The molecule has 9 nitrogen and oxygen atoms in total. The van der Waals surface area contributed by atoms with E-state index in [0.29, 0.717) is 35.3 Å². The first-order valence-electron chi connectivity index (χ1n) is 13.4. The standard InChI is InChI=1S/C31H32N2O7S2/c1-3-11-23-21-25(17-19-29(23)39-41(35,36)27-13-7-5-8-14-27)32-31(34)33-26-18-20-30(24(22-26)12-4-2)40-42(37,38)28-15-9-6-10-16-28/h5-10,13-22H,3-4,11-12H2,1-2H3,(H2,32,33,34). The molecule has 4 aromatic carbocycles. The molecule has 2 amide bonds. The first-order chi connectivity index (χ1) is 20.1. The number of hydrogen-bond acceptors (Lipinski definition) is 7. The Morgan fingerprint density at radius 2 is 0.976 bits per heavy atom. The summed E-state index contributed by atoms with van der Waals surface area (Å²) in [6.07, 6.45) is 2.52. The van der Waals surface area contributed by atoms with Crippen LogP contribution in [0.15, 0.2) is 107 Å². The number of hydrogen-bond donors (Lipinski definition) is 2. The van der Waals surface area contributed by atoms with Gasteiger partial charge < -0.3 is 19.0 Å². The number of carbonyl (C=O) groups is 1. The van der Waals surface area contributed by atoms with Crippen molar-refractivity contribution in [3.8, 4) is 11.5 Å². The number of amides is 2. The lowest BCUT2D eigenvalue weighted by molar-refractivity contribution is 0.262. The molecule has 0 atom stereocenters. The zero-order chi connectivity index (χ0) is 30.2. The van der Waals surface area contributed by atoms with Crippen LogP contribution in [0.5, 0.6) is 11.5 Å². The molecule has 0 fully saturated rings. The Bertz CT molecular complexity index is 1610. The fourth-order valence-electron chi connectivity index (χ4n) is 4.21. The number of nitrogens with one attached hydrogen (secondary N) is 2. The molecule has 0 aliphatic carbocycles. The maximum atomic E-state index is 12.8. The predicted molar refractivity (Wildman–Crippen MR) is 162 cm³/mol. The fraction of sp³-hybridized carbons (Fsp3) is 0.194. The van der Waals surface area contributed by atoms with Gasteiger partial charge in [0.2, 0.25) is 0 Å². The molecule has 42 heavy (non-hydrogen) atoms. The Morgan fingerprint density at radius 1 is 0.595 bits per heavy atom. The Labute approximate surface area is 246 Å². The van der Waals surface area contributed by atoms with Gasteiger partial charge >= 0.3 is 26.3 Å². The Kier molecular flexibility index (Phi) is 9.87. The maximum Gasteiger partial charge on any atom is 0.339 e. The van der Waals surface area contributed by atoms with E-state index in [4.69, 9.17) is 8.37 Å². The molecular formula is C31H32N2O7S2. The molecule has 220 valence electrons. The van der Waals surface area contributed by atoms with E-state index in [-0.39, 0.29) is 21.3 Å². The summed E-state index contributed by atoms with van der Waals surface area (Å²) in [7, 11) is -8.04. The van der Waals surface area contributed by atoms with Gasteiger partial charge in [-0.15, -0.1) is 0 Å². The molecular weight excluding hydrogens is 576 g/mol. The Morgan fingerprint density at radius 3 is 1.33 bits per heavy atom. The highest BCUT2D eigenvalue weighted by atomic mass is 32.2. The van der Waals surface area contributed by atoms with Crippen molar-refractivity contribution in [3.63, 3.8) is 0 Å². The van der Waals surface area contributed by atoms with E-state index in [0.717, 1.165) is 12.8 Å². The van der Waals surface area contributed by atoms with Crippen LogP contribution >= 0.6 is 0 Å². The van der Waals surface area contributed by atoms with Crippen molar-refractivity contribution in [3.05, 3.63) is 108 Å². The summed E-state index contributed by atoms with van der Waals surface area (Å²) in [4.78, 5) is 12.9. The van der Waals surface area contributed by atoms with E-state index < -0.39 is 26.3 Å². The van der Waals surface area contributed by atoms with Gasteiger partial charge in [-0.3, -0.25) is 0 Å². The third-order valence-corrected chi connectivity index (χ3v) is 8.64. The van der Waals surface area contributed by atoms with E-state index in [1.165, 1.54) is 36.4 Å². The summed E-state index contributed by atoms with van der Waals surface area (Å²) in [5.41, 5.74) is 2.15. The second kappa shape index (κ2) is 13.5. The molecule has 0 saturated heterocycles. The SMILES string of the molecule is CCCc1cc(NC(=O)Nc2ccc(OS(=O)(=O)c3ccccc3)c(CCC)c2)ccc1OS(=O)(=O)c1ccccc1. The molecule has 4 rings (SSSR count). The van der Waals surface area contributed by atoms with Crippen LogP contribution in [-0.2, 0) is 33.1 Å². The smallest absolute Gasteiger partial charge is 0.339 e. The third-order valence-electron chi connectivity index (χ3n) is 6.14. The summed E-state index contributed by atoms with van der Waals surface area (Å²) in [5.74, 6) is 0.383. The normalized spacial score (nSPS) is 11.5. The van der Waals surface area contributed by atoms with Gasteiger partial charge in [-0.2, -0.15) is 16.8 Å². The molecule has 0 unspecified atom stereocenters. The van der Waals surface area contributed by atoms with Crippen LogP contribution < -0.4 is 19.0 Å². The van der Waals surface area contributed by atoms with Crippen molar-refractivity contribution < 1.29 is 30.0 Å². The Balaban J connectivity index is 1.48. The van der Waals surface area contributed by atoms with Gasteiger partial charge in [-0.05, 0) is 84.6 Å². The van der Waals surface area contributed by atoms with Crippen molar-refractivity contribution in [2.24, 2.45) is 0 Å². The maximum absolute atomic E-state index is 12.8. The molecule has 2 N–H and O–H groups in total. The summed E-state index contributed by atoms with van der Waals surface area (Å²) in [6, 6.07) is 24.7. The third kappa shape index (κ3) is 7.89. The van der Waals surface area contributed by atoms with Gasteiger partial charge in [0.1, 0.15) is 21.3 Å². The van der Waals surface area contributed by atoms with Crippen LogP contribution in [0.25, 0.3) is 0 Å². The predicted octanol–water partition coefficient (Wildman–Crippen LogP) is 6.77. The number of benzene rings is 4. The van der Waals surface area contributed by atoms with Crippen molar-refractivity contribution in [2.45, 2.75) is 49.3 Å². The highest BCUT2D eigenvalue weighted by Gasteiger charge is 2.20. The molecule has 0 radical (unpaired) electrons. The number of rotatable bonds is 12. The van der Waals surface area contributed by atoms with E-state index in [2.05, 4.69) is 10.6 Å². The lowest BCUT2D eigenvalue weighted by Gasteiger charge is -2.15. The van der Waals surface area contributed by atoms with Crippen LogP contribution in [-0.4, -0.2) is 22.9 Å². The zero-order valence-electron chi connectivity index (χ0n) is 23.2. The van der Waals surface area contributed by atoms with E-state index in [1.54, 1.807) is 60.7 Å². The summed E-state index contributed by atoms with van der Waals surface area (Å²) < 4.78 is 61.8. The van der Waals surface area contributed by atoms with Crippen LogP contribution in [0.3, 0.4) is 0 Å². The van der Waals surface area contributed by atoms with Crippen molar-refractivity contribution in [1.29, 1.82) is 0 Å². The number of anilines is 2. The van der Waals surface area contributed by atoms with Crippen LogP contribution in [0.4, 0.5) is 16.2 Å². The van der Waals surface area contributed by atoms with E-state index >= 15 is 0 Å². The van der Waals surface area contributed by atoms with Gasteiger partial charge in [-0.25, -0.2) is 4.79 Å². The van der Waals surface area contributed by atoms with Gasteiger partial charge in [0.15, 0.2) is 0 Å². The van der Waals surface area contributed by atoms with Gasteiger partial charge in [-0.1, -0.05) is 63.1 Å². The summed E-state index contributed by atoms with van der Waals surface area (Å²) in [5, 5.41) is 5.51. The first-order valence-corrected chi connectivity index (χ1v) is 16.3. The molecule has 0 aromatic heterocycles. The highest BCUT2D eigenvalue weighted by Crippen LogP contribution is 2.29. The quantitative estimate of drug-likeness (QED) is 0.170. The van der Waals surface area contributed by atoms with Crippen LogP contribution in [0, 0.1) is 0 Å². The van der Waals surface area contributed by atoms with E-state index in [1.807, 2.05) is 13.8 Å². The van der Waals surface area contributed by atoms with Gasteiger partial charge in [0.25, 0.3) is 0 Å². The van der Waals surface area contributed by atoms with Crippen LogP contribution in [0.1, 0.15) is 37.8 Å². The molecule has 4 aromatic rings. The average Bonchev–Trinajstić information content (AvgIpc) is 2.97. The molecule has 11 heteroatoms. The lowest BCUT2D eigenvalue weighted by atomic mass is 10.1. The zero-order valence-corrected chi connectivity index (χ0v) is 24.9. The summed E-state index contributed by atoms with van der Waals surface area (Å²) >= 11 is 0. The Hall–Kier alpha value is -4.35. The minimum absolute atomic E-state index is 0.0468. The first kappa shape index (κ1) is 30.6. The molecule has 0 aliphatic heterocycles. The van der Waals surface area contributed by atoms with Gasteiger partial charge in [0, 0.05) is 11.4 Å². The molecule has 0 saturated carbocycles. The van der Waals surface area contributed by atoms with Crippen molar-refractivity contribution >= 4 is 37.6 Å². The highest BCUT2D eigenvalue weighted by molar-refractivity contribution is 7.87. The largest absolute Gasteiger partial charge is 0.379 e. The topological polar surface area (TPSA) is 128 Å². The molecule has 0 aliphatic rings. The molecule has 0 spiro atoms. The number of urea groups is 1. The average molecular weight is 609 g/mol. The monoisotopic (exact) mass is 608 g/mol. The van der Waals surface area contributed by atoms with Crippen molar-refractivity contribution in [2.75, 3.05) is 10.6 Å². The van der Waals surface area contributed by atoms with E-state index in [9.17, 15) is 21.6 Å². The van der Waals surface area contributed by atoms with Crippen LogP contribution in [0.2, 0.25) is 0 Å². The second-order valence-corrected chi connectivity index (χ2v) is 12.5. The van der Waals surface area contributed by atoms with Crippen molar-refractivity contribution in [1.82, 2.24) is 0 Å². The molecule has 0 heterocycles. The molecule has 0 bridgehead atoms.